The molecule has 1 unspecified atom stereocenters. The average Bonchev–Trinajstić information content (AvgIpc) is 2.52. The summed E-state index contributed by atoms with van der Waals surface area (Å²) in [6, 6.07) is 10.0. The van der Waals surface area contributed by atoms with Crippen LogP contribution in [0.5, 0.6) is 0 Å². The van der Waals surface area contributed by atoms with Crippen molar-refractivity contribution in [3.05, 3.63) is 35.9 Å². The fourth-order valence-corrected chi connectivity index (χ4v) is 2.10. The van der Waals surface area contributed by atoms with E-state index in [1.54, 1.807) is 0 Å². The molecule has 3 heteroatoms. The maximum Gasteiger partial charge on any atom is 0.132 e. The Labute approximate surface area is 128 Å². The highest BCUT2D eigenvalue weighted by atomic mass is 17.2. The fraction of sp³-hybridized carbons (Fsp3) is 0.611. The van der Waals surface area contributed by atoms with Gasteiger partial charge in [-0.2, -0.15) is 0 Å². The highest BCUT2D eigenvalue weighted by Gasteiger charge is 2.04. The molecule has 1 aromatic rings. The third-order valence-corrected chi connectivity index (χ3v) is 3.55. The van der Waals surface area contributed by atoms with Crippen LogP contribution in [0.15, 0.2) is 30.3 Å². The molecule has 0 N–H and O–H groups in total. The standard InChI is InChI=1S/C18H28O3/c1-3-18(19)13-9-4-6-10-16(2)14-20-21-15-17-11-7-5-8-12-17/h5,7-8,11-12,16H,3-4,6,9-10,13-15H2,1-2H3. The first-order chi connectivity index (χ1) is 10.2. The van der Waals surface area contributed by atoms with Gasteiger partial charge in [-0.1, -0.05) is 57.0 Å². The monoisotopic (exact) mass is 292 g/mol. The molecular formula is C18H28O3. The van der Waals surface area contributed by atoms with Crippen molar-refractivity contribution in [3.63, 3.8) is 0 Å². The molecule has 0 aromatic heterocycles. The highest BCUT2D eigenvalue weighted by molar-refractivity contribution is 5.77. The molecule has 0 spiro atoms. The van der Waals surface area contributed by atoms with Crippen LogP contribution in [0, 0.1) is 5.92 Å². The Balaban J connectivity index is 1.94. The van der Waals surface area contributed by atoms with Crippen LogP contribution in [0.4, 0.5) is 0 Å². The van der Waals surface area contributed by atoms with Crippen molar-refractivity contribution in [1.29, 1.82) is 0 Å². The summed E-state index contributed by atoms with van der Waals surface area (Å²) in [7, 11) is 0. The van der Waals surface area contributed by atoms with Gasteiger partial charge in [-0.15, -0.1) is 0 Å². The van der Waals surface area contributed by atoms with Crippen LogP contribution in [0.3, 0.4) is 0 Å². The van der Waals surface area contributed by atoms with Gasteiger partial charge < -0.3 is 0 Å². The average molecular weight is 292 g/mol. The zero-order valence-electron chi connectivity index (χ0n) is 13.3. The maximum atomic E-state index is 11.2. The SMILES string of the molecule is CCC(=O)CCCCCC(C)COOCc1ccccc1. The van der Waals surface area contributed by atoms with E-state index >= 15 is 0 Å². The molecule has 0 aliphatic rings. The van der Waals surface area contributed by atoms with Crippen molar-refractivity contribution in [2.75, 3.05) is 6.61 Å². The summed E-state index contributed by atoms with van der Waals surface area (Å²) in [6.07, 6.45) is 5.82. The lowest BCUT2D eigenvalue weighted by Gasteiger charge is -2.11. The number of carbonyl (C=O) groups is 1. The van der Waals surface area contributed by atoms with E-state index < -0.39 is 0 Å². The molecule has 0 saturated heterocycles. The molecule has 0 amide bonds. The van der Waals surface area contributed by atoms with Gasteiger partial charge in [-0.3, -0.25) is 4.79 Å². The Morgan fingerprint density at radius 3 is 2.57 bits per heavy atom. The minimum absolute atomic E-state index is 0.376. The largest absolute Gasteiger partial charge is 0.300 e. The van der Waals surface area contributed by atoms with Crippen LogP contribution >= 0.6 is 0 Å². The smallest absolute Gasteiger partial charge is 0.132 e. The predicted molar refractivity (Wildman–Crippen MR) is 84.7 cm³/mol. The van der Waals surface area contributed by atoms with Crippen LogP contribution < -0.4 is 0 Å². The van der Waals surface area contributed by atoms with Gasteiger partial charge in [0.1, 0.15) is 12.4 Å². The highest BCUT2D eigenvalue weighted by Crippen LogP contribution is 2.12. The van der Waals surface area contributed by atoms with Gasteiger partial charge in [-0.25, -0.2) is 9.78 Å². The Kier molecular flexibility index (Phi) is 9.75. The van der Waals surface area contributed by atoms with Gasteiger partial charge in [0.15, 0.2) is 0 Å². The number of carbonyl (C=O) groups excluding carboxylic acids is 1. The number of unbranched alkanes of at least 4 members (excludes halogenated alkanes) is 2. The second-order valence-electron chi connectivity index (χ2n) is 5.63. The molecule has 118 valence electrons. The third-order valence-electron chi connectivity index (χ3n) is 3.55. The van der Waals surface area contributed by atoms with Crippen molar-refractivity contribution in [3.8, 4) is 0 Å². The Bertz CT molecular complexity index is 375. The third kappa shape index (κ3) is 9.38. The first-order valence-corrected chi connectivity index (χ1v) is 8.02. The summed E-state index contributed by atoms with van der Waals surface area (Å²) in [4.78, 5) is 21.6. The van der Waals surface area contributed by atoms with Gasteiger partial charge in [0.2, 0.25) is 0 Å². The summed E-state index contributed by atoms with van der Waals surface area (Å²) in [5.41, 5.74) is 1.12. The van der Waals surface area contributed by atoms with E-state index in [9.17, 15) is 4.79 Å². The van der Waals surface area contributed by atoms with E-state index in [4.69, 9.17) is 9.78 Å². The number of hydrogen-bond acceptors (Lipinski definition) is 3. The molecule has 21 heavy (non-hydrogen) atoms. The quantitative estimate of drug-likeness (QED) is 0.318. The van der Waals surface area contributed by atoms with Crippen molar-refractivity contribution in [2.24, 2.45) is 5.92 Å². The van der Waals surface area contributed by atoms with E-state index in [1.807, 2.05) is 37.3 Å². The second kappa shape index (κ2) is 11.5. The molecular weight excluding hydrogens is 264 g/mol. The summed E-state index contributed by atoms with van der Waals surface area (Å²) >= 11 is 0. The number of benzene rings is 1. The number of rotatable bonds is 12. The van der Waals surface area contributed by atoms with Crippen LogP contribution in [0.25, 0.3) is 0 Å². The molecule has 3 nitrogen and oxygen atoms in total. The lowest BCUT2D eigenvalue weighted by molar-refractivity contribution is -0.309. The zero-order valence-corrected chi connectivity index (χ0v) is 13.3. The van der Waals surface area contributed by atoms with Gasteiger partial charge in [0.05, 0.1) is 6.61 Å². The van der Waals surface area contributed by atoms with Gasteiger partial charge >= 0.3 is 0 Å². The van der Waals surface area contributed by atoms with Crippen LogP contribution in [-0.2, 0) is 21.2 Å². The topological polar surface area (TPSA) is 35.5 Å². The normalized spacial score (nSPS) is 12.3. The molecule has 0 saturated carbocycles. The molecule has 0 aliphatic carbocycles. The summed E-state index contributed by atoms with van der Waals surface area (Å²) in [5, 5.41) is 0. The summed E-state index contributed by atoms with van der Waals surface area (Å²) < 4.78 is 0. The van der Waals surface area contributed by atoms with Gasteiger partial charge in [0.25, 0.3) is 0 Å². The molecule has 0 aliphatic heterocycles. The van der Waals surface area contributed by atoms with Gasteiger partial charge in [0, 0.05) is 12.8 Å². The first kappa shape index (κ1) is 17.9. The second-order valence-corrected chi connectivity index (χ2v) is 5.63. The zero-order chi connectivity index (χ0) is 15.3. The summed E-state index contributed by atoms with van der Waals surface area (Å²) in [6.45, 7) is 5.22. The van der Waals surface area contributed by atoms with Crippen LogP contribution in [0.1, 0.15) is 57.9 Å². The molecule has 0 heterocycles. The van der Waals surface area contributed by atoms with Crippen LogP contribution in [-0.4, -0.2) is 12.4 Å². The van der Waals surface area contributed by atoms with Crippen molar-refractivity contribution < 1.29 is 14.6 Å². The lowest BCUT2D eigenvalue weighted by atomic mass is 10.0. The molecule has 0 fully saturated rings. The van der Waals surface area contributed by atoms with Crippen molar-refractivity contribution >= 4 is 5.78 Å². The van der Waals surface area contributed by atoms with E-state index in [0.717, 1.165) is 37.7 Å². The number of ketones is 1. The molecule has 1 aromatic carbocycles. The minimum Gasteiger partial charge on any atom is -0.300 e. The van der Waals surface area contributed by atoms with E-state index in [1.165, 1.54) is 0 Å². The van der Waals surface area contributed by atoms with E-state index in [-0.39, 0.29) is 0 Å². The van der Waals surface area contributed by atoms with Crippen molar-refractivity contribution in [2.45, 2.75) is 59.0 Å². The molecule has 0 bridgehead atoms. The van der Waals surface area contributed by atoms with Crippen molar-refractivity contribution in [1.82, 2.24) is 0 Å². The minimum atomic E-state index is 0.376. The molecule has 1 atom stereocenters. The Morgan fingerprint density at radius 1 is 1.10 bits per heavy atom. The fourth-order valence-electron chi connectivity index (χ4n) is 2.10. The van der Waals surface area contributed by atoms with E-state index in [2.05, 4.69) is 6.92 Å². The lowest BCUT2D eigenvalue weighted by Crippen LogP contribution is -2.07. The molecule has 1 rings (SSSR count). The number of hydrogen-bond donors (Lipinski definition) is 0. The van der Waals surface area contributed by atoms with Gasteiger partial charge in [-0.05, 0) is 24.3 Å². The van der Waals surface area contributed by atoms with Crippen LogP contribution in [0.2, 0.25) is 0 Å². The Morgan fingerprint density at radius 2 is 1.86 bits per heavy atom. The first-order valence-electron chi connectivity index (χ1n) is 8.02. The maximum absolute atomic E-state index is 11.2. The number of Topliss-reactive ketones (excluding diaryl/α,β-unsaturated/α-hetero) is 1. The summed E-state index contributed by atoms with van der Waals surface area (Å²) in [5.74, 6) is 0.864. The Hall–Kier alpha value is -1.19. The predicted octanol–water partition coefficient (Wildman–Crippen LogP) is 4.70. The van der Waals surface area contributed by atoms with E-state index in [0.29, 0.717) is 31.3 Å². The molecule has 0 radical (unpaired) electrons.